The van der Waals surface area contributed by atoms with E-state index >= 15 is 0 Å². The molecule has 3 aliphatic heterocycles. The van der Waals surface area contributed by atoms with E-state index < -0.39 is 0 Å². The van der Waals surface area contributed by atoms with Gasteiger partial charge in [-0.05, 0) is 37.8 Å². The number of likely N-dealkylation sites (tertiary alicyclic amines) is 1. The van der Waals surface area contributed by atoms with Gasteiger partial charge in [0.2, 0.25) is 5.91 Å². The molecule has 3 heterocycles. The van der Waals surface area contributed by atoms with Gasteiger partial charge in [-0.1, -0.05) is 0 Å². The van der Waals surface area contributed by atoms with Crippen molar-refractivity contribution in [2.45, 2.75) is 18.1 Å². The van der Waals surface area contributed by atoms with Crippen LogP contribution in [0.2, 0.25) is 0 Å². The third-order valence-corrected chi connectivity index (χ3v) is 7.16. The van der Waals surface area contributed by atoms with Crippen molar-refractivity contribution in [1.29, 1.82) is 0 Å². The number of thioether (sulfide) groups is 2. The van der Waals surface area contributed by atoms with Crippen LogP contribution in [0.3, 0.4) is 0 Å². The fourth-order valence-electron chi connectivity index (χ4n) is 3.27. The minimum Gasteiger partial charge on any atom is -0.342 e. The fraction of sp³-hybridized carbons (Fsp3) is 0.923. The van der Waals surface area contributed by atoms with Crippen LogP contribution in [0.4, 0.5) is 0 Å². The highest BCUT2D eigenvalue weighted by atomic mass is 35.5. The summed E-state index contributed by atoms with van der Waals surface area (Å²) in [5, 5.41) is 3.72. The van der Waals surface area contributed by atoms with Gasteiger partial charge in [0.05, 0.1) is 5.25 Å². The predicted molar refractivity (Wildman–Crippen MR) is 86.5 cm³/mol. The maximum absolute atomic E-state index is 12.5. The number of hydrogen-bond acceptors (Lipinski definition) is 4. The standard InChI is InChI=1S/C13H22N2OS2.ClH/c16-13(12-9-17-5-6-18-12)15-3-1-10-7-14-8-11(10)2-4-15;/h10-12,14H,1-9H2;1H/t10-,11+,12?;. The molecule has 19 heavy (non-hydrogen) atoms. The predicted octanol–water partition coefficient (Wildman–Crippen LogP) is 1.71. The van der Waals surface area contributed by atoms with Crippen molar-refractivity contribution in [2.75, 3.05) is 43.4 Å². The minimum atomic E-state index is 0. The Morgan fingerprint density at radius 1 is 1.11 bits per heavy atom. The average molecular weight is 323 g/mol. The van der Waals surface area contributed by atoms with E-state index in [1.807, 2.05) is 23.5 Å². The highest BCUT2D eigenvalue weighted by Crippen LogP contribution is 2.30. The van der Waals surface area contributed by atoms with Gasteiger partial charge in [0.1, 0.15) is 0 Å². The molecule has 3 nitrogen and oxygen atoms in total. The van der Waals surface area contributed by atoms with Gasteiger partial charge >= 0.3 is 0 Å². The van der Waals surface area contributed by atoms with Crippen molar-refractivity contribution in [3.05, 3.63) is 0 Å². The molecule has 0 spiro atoms. The molecule has 3 aliphatic rings. The molecule has 1 amide bonds. The number of carbonyl (C=O) groups is 1. The third kappa shape index (κ3) is 3.74. The molecule has 0 radical (unpaired) electrons. The zero-order valence-corrected chi connectivity index (χ0v) is 13.6. The van der Waals surface area contributed by atoms with Crippen LogP contribution in [0.1, 0.15) is 12.8 Å². The summed E-state index contributed by atoms with van der Waals surface area (Å²) < 4.78 is 0. The number of carbonyl (C=O) groups excluding carboxylic acids is 1. The molecule has 0 aromatic heterocycles. The molecule has 0 aliphatic carbocycles. The lowest BCUT2D eigenvalue weighted by molar-refractivity contribution is -0.130. The van der Waals surface area contributed by atoms with Crippen molar-refractivity contribution in [3.8, 4) is 0 Å². The topological polar surface area (TPSA) is 32.3 Å². The van der Waals surface area contributed by atoms with Gasteiger partial charge in [0.25, 0.3) is 0 Å². The molecule has 3 atom stereocenters. The van der Waals surface area contributed by atoms with Gasteiger partial charge in [-0.15, -0.1) is 24.2 Å². The Balaban J connectivity index is 0.00000133. The van der Waals surface area contributed by atoms with Crippen LogP contribution in [0.5, 0.6) is 0 Å². The zero-order valence-electron chi connectivity index (χ0n) is 11.2. The van der Waals surface area contributed by atoms with Crippen molar-refractivity contribution in [2.24, 2.45) is 11.8 Å². The van der Waals surface area contributed by atoms with Gasteiger partial charge in [0, 0.05) is 30.3 Å². The van der Waals surface area contributed by atoms with Crippen LogP contribution in [0, 0.1) is 11.8 Å². The quantitative estimate of drug-likeness (QED) is 0.796. The van der Waals surface area contributed by atoms with E-state index in [2.05, 4.69) is 10.2 Å². The minimum absolute atomic E-state index is 0. The van der Waals surface area contributed by atoms with Crippen molar-refractivity contribution in [1.82, 2.24) is 10.2 Å². The summed E-state index contributed by atoms with van der Waals surface area (Å²) in [6.45, 7) is 4.31. The van der Waals surface area contributed by atoms with Crippen LogP contribution in [-0.4, -0.2) is 59.5 Å². The molecule has 110 valence electrons. The molecule has 0 bridgehead atoms. The highest BCUT2D eigenvalue weighted by molar-refractivity contribution is 8.07. The van der Waals surface area contributed by atoms with E-state index in [0.29, 0.717) is 5.91 Å². The van der Waals surface area contributed by atoms with Gasteiger partial charge in [-0.25, -0.2) is 0 Å². The number of halogens is 1. The van der Waals surface area contributed by atoms with Gasteiger partial charge < -0.3 is 10.2 Å². The second kappa shape index (κ2) is 7.43. The Bertz CT molecular complexity index is 299. The van der Waals surface area contributed by atoms with E-state index in [1.165, 1.54) is 31.7 Å². The summed E-state index contributed by atoms with van der Waals surface area (Å²) in [4.78, 5) is 14.7. The SMILES string of the molecule is Cl.O=C(C1CSCCS1)N1CC[C@@H]2CNC[C@@H]2CC1. The molecule has 0 saturated carbocycles. The molecule has 0 aromatic carbocycles. The van der Waals surface area contributed by atoms with Crippen LogP contribution < -0.4 is 5.32 Å². The Kier molecular flexibility index (Phi) is 6.18. The molecule has 1 unspecified atom stereocenters. The first kappa shape index (κ1) is 15.8. The van der Waals surface area contributed by atoms with Crippen LogP contribution in [0.15, 0.2) is 0 Å². The Labute approximate surface area is 130 Å². The molecule has 3 saturated heterocycles. The molecule has 3 rings (SSSR count). The Morgan fingerprint density at radius 3 is 2.37 bits per heavy atom. The van der Waals surface area contributed by atoms with Gasteiger partial charge in [-0.2, -0.15) is 11.8 Å². The van der Waals surface area contributed by atoms with Crippen molar-refractivity contribution < 1.29 is 4.79 Å². The van der Waals surface area contributed by atoms with E-state index in [1.54, 1.807) is 0 Å². The number of fused-ring (bicyclic) bond motifs is 1. The number of nitrogens with zero attached hydrogens (tertiary/aromatic N) is 1. The van der Waals surface area contributed by atoms with Crippen LogP contribution >= 0.6 is 35.9 Å². The summed E-state index contributed by atoms with van der Waals surface area (Å²) in [5.74, 6) is 5.43. The Hall–Kier alpha value is 0.420. The average Bonchev–Trinajstić information content (AvgIpc) is 2.78. The molecule has 6 heteroatoms. The largest absolute Gasteiger partial charge is 0.342 e. The second-order valence-corrected chi connectivity index (χ2v) is 7.98. The zero-order chi connectivity index (χ0) is 12.4. The number of rotatable bonds is 1. The van der Waals surface area contributed by atoms with E-state index in [-0.39, 0.29) is 17.7 Å². The molecular weight excluding hydrogens is 300 g/mol. The van der Waals surface area contributed by atoms with E-state index in [0.717, 1.165) is 36.4 Å². The molecule has 3 fully saturated rings. The summed E-state index contributed by atoms with van der Waals surface area (Å²) in [5.41, 5.74) is 0. The second-order valence-electron chi connectivity index (χ2n) is 5.52. The first-order valence-electron chi connectivity index (χ1n) is 7.03. The highest BCUT2D eigenvalue weighted by Gasteiger charge is 2.33. The normalized spacial score (nSPS) is 35.2. The lowest BCUT2D eigenvalue weighted by atomic mass is 9.92. The van der Waals surface area contributed by atoms with Gasteiger partial charge in [-0.3, -0.25) is 4.79 Å². The fourth-order valence-corrected chi connectivity index (χ4v) is 5.90. The third-order valence-electron chi connectivity index (χ3n) is 4.42. The molecule has 1 N–H and O–H groups in total. The van der Waals surface area contributed by atoms with Crippen LogP contribution in [-0.2, 0) is 4.79 Å². The summed E-state index contributed by atoms with van der Waals surface area (Å²) in [6, 6.07) is 0. The first-order valence-corrected chi connectivity index (χ1v) is 9.24. The lowest BCUT2D eigenvalue weighted by Crippen LogP contribution is -2.41. The smallest absolute Gasteiger partial charge is 0.236 e. The van der Waals surface area contributed by atoms with E-state index in [9.17, 15) is 4.79 Å². The summed E-state index contributed by atoms with van der Waals surface area (Å²) in [6.07, 6.45) is 2.40. The van der Waals surface area contributed by atoms with E-state index in [4.69, 9.17) is 0 Å². The first-order chi connectivity index (χ1) is 8.84. The number of hydrogen-bond donors (Lipinski definition) is 1. The number of nitrogens with one attached hydrogen (secondary N) is 1. The molecule has 0 aromatic rings. The van der Waals surface area contributed by atoms with Gasteiger partial charge in [0.15, 0.2) is 0 Å². The maximum atomic E-state index is 12.5. The monoisotopic (exact) mass is 322 g/mol. The lowest BCUT2D eigenvalue weighted by Gasteiger charge is -2.28. The Morgan fingerprint density at radius 2 is 1.79 bits per heavy atom. The van der Waals surface area contributed by atoms with Crippen molar-refractivity contribution >= 4 is 41.8 Å². The molecular formula is C13H23ClN2OS2. The van der Waals surface area contributed by atoms with Crippen molar-refractivity contribution in [3.63, 3.8) is 0 Å². The summed E-state index contributed by atoms with van der Waals surface area (Å²) >= 11 is 3.81. The maximum Gasteiger partial charge on any atom is 0.236 e. The summed E-state index contributed by atoms with van der Waals surface area (Å²) in [7, 11) is 0. The van der Waals surface area contributed by atoms with Crippen LogP contribution in [0.25, 0.3) is 0 Å². The number of amides is 1.